The lowest BCUT2D eigenvalue weighted by molar-refractivity contribution is -0.123. The topological polar surface area (TPSA) is 54.0 Å². The van der Waals surface area contributed by atoms with Gasteiger partial charge in [0.05, 0.1) is 6.04 Å². The van der Waals surface area contributed by atoms with Crippen LogP contribution in [0.2, 0.25) is 0 Å². The molecule has 5 heteroatoms. The van der Waals surface area contributed by atoms with Gasteiger partial charge in [0, 0.05) is 25.0 Å². The summed E-state index contributed by atoms with van der Waals surface area (Å²) in [5, 5.41) is 6.58. The van der Waals surface area contributed by atoms with E-state index in [9.17, 15) is 4.79 Å². The molecule has 21 heavy (non-hydrogen) atoms. The van der Waals surface area contributed by atoms with Crippen LogP contribution in [-0.4, -0.2) is 23.0 Å². The number of carbonyl (C=O) groups excluding carboxylic acids is 1. The largest absolute Gasteiger partial charge is 0.351 e. The van der Waals surface area contributed by atoms with Crippen LogP contribution in [0.4, 0.5) is 0 Å². The van der Waals surface area contributed by atoms with Gasteiger partial charge in [-0.25, -0.2) is 0 Å². The number of hydrogen-bond donors (Lipinski definition) is 2. The Morgan fingerprint density at radius 2 is 2.24 bits per heavy atom. The number of carbonyl (C=O) groups is 1. The van der Waals surface area contributed by atoms with Gasteiger partial charge in [-0.05, 0) is 49.3 Å². The van der Waals surface area contributed by atoms with Crippen molar-refractivity contribution in [1.29, 1.82) is 0 Å². The summed E-state index contributed by atoms with van der Waals surface area (Å²) in [5.74, 6) is 0.859. The van der Waals surface area contributed by atoms with E-state index in [1.165, 1.54) is 25.7 Å². The molecule has 4 nitrogen and oxygen atoms in total. The van der Waals surface area contributed by atoms with Crippen LogP contribution >= 0.6 is 12.4 Å². The monoisotopic (exact) mass is 309 g/mol. The highest BCUT2D eigenvalue weighted by Crippen LogP contribution is 2.33. The van der Waals surface area contributed by atoms with Crippen LogP contribution in [0.1, 0.15) is 43.2 Å². The lowest BCUT2D eigenvalue weighted by atomic mass is 9.85. The molecule has 116 valence electrons. The van der Waals surface area contributed by atoms with Crippen LogP contribution in [-0.2, 0) is 11.3 Å². The van der Waals surface area contributed by atoms with Crippen molar-refractivity contribution < 1.29 is 4.79 Å². The summed E-state index contributed by atoms with van der Waals surface area (Å²) in [4.78, 5) is 16.4. The zero-order chi connectivity index (χ0) is 13.9. The van der Waals surface area contributed by atoms with Crippen LogP contribution in [0.15, 0.2) is 18.5 Å². The summed E-state index contributed by atoms with van der Waals surface area (Å²) in [6.45, 7) is 2.62. The molecule has 3 atom stereocenters. The Labute approximate surface area is 132 Å². The Morgan fingerprint density at radius 3 is 3.00 bits per heavy atom. The molecule has 0 spiro atoms. The number of aryl methyl sites for hydroxylation is 1. The summed E-state index contributed by atoms with van der Waals surface area (Å²) in [6.07, 6.45) is 9.77. The van der Waals surface area contributed by atoms with E-state index in [2.05, 4.69) is 15.6 Å². The number of rotatable bonds is 3. The van der Waals surface area contributed by atoms with E-state index >= 15 is 0 Å². The number of nitrogens with zero attached hydrogens (tertiary/aromatic N) is 1. The third-order valence-corrected chi connectivity index (χ3v) is 4.77. The summed E-state index contributed by atoms with van der Waals surface area (Å²) in [7, 11) is 0. The second-order valence-corrected chi connectivity index (χ2v) is 6.13. The average Bonchev–Trinajstić information content (AvgIpc) is 2.90. The van der Waals surface area contributed by atoms with E-state index in [4.69, 9.17) is 0 Å². The third-order valence-electron chi connectivity index (χ3n) is 4.77. The number of fused-ring (bicyclic) bond motifs is 1. The van der Waals surface area contributed by atoms with E-state index in [1.807, 2.05) is 19.2 Å². The molecule has 0 radical (unpaired) electrons. The van der Waals surface area contributed by atoms with Gasteiger partial charge in [0.2, 0.25) is 5.91 Å². The van der Waals surface area contributed by atoms with Crippen molar-refractivity contribution in [2.24, 2.45) is 5.92 Å². The van der Waals surface area contributed by atoms with Gasteiger partial charge in [0.15, 0.2) is 0 Å². The minimum atomic E-state index is 0. The van der Waals surface area contributed by atoms with Crippen LogP contribution in [0.5, 0.6) is 0 Å². The molecule has 1 saturated carbocycles. The molecule has 2 aliphatic rings. The molecular formula is C16H24ClN3O. The first-order valence-electron chi connectivity index (χ1n) is 7.67. The van der Waals surface area contributed by atoms with E-state index in [0.29, 0.717) is 18.5 Å². The molecule has 1 aliphatic heterocycles. The molecule has 3 rings (SSSR count). The number of aromatic nitrogens is 1. The normalized spacial score (nSPS) is 27.6. The van der Waals surface area contributed by atoms with Crippen LogP contribution in [0, 0.1) is 12.8 Å². The average molecular weight is 310 g/mol. The first-order valence-corrected chi connectivity index (χ1v) is 7.67. The number of halogens is 1. The molecule has 0 bridgehead atoms. The molecule has 0 aromatic carbocycles. The molecule has 3 unspecified atom stereocenters. The fraction of sp³-hybridized carbons (Fsp3) is 0.625. The van der Waals surface area contributed by atoms with Crippen molar-refractivity contribution in [3.63, 3.8) is 0 Å². The van der Waals surface area contributed by atoms with Gasteiger partial charge in [-0.3, -0.25) is 9.78 Å². The Morgan fingerprint density at radius 1 is 1.43 bits per heavy atom. The second kappa shape index (κ2) is 7.23. The van der Waals surface area contributed by atoms with E-state index < -0.39 is 0 Å². The van der Waals surface area contributed by atoms with E-state index in [-0.39, 0.29) is 24.4 Å². The van der Waals surface area contributed by atoms with Crippen LogP contribution in [0.3, 0.4) is 0 Å². The lowest BCUT2D eigenvalue weighted by Gasteiger charge is -2.24. The number of nitrogens with one attached hydrogen (secondary N) is 2. The smallest absolute Gasteiger partial charge is 0.237 e. The Kier molecular flexibility index (Phi) is 5.59. The van der Waals surface area contributed by atoms with Gasteiger partial charge in [-0.2, -0.15) is 0 Å². The van der Waals surface area contributed by atoms with Gasteiger partial charge in [0.25, 0.3) is 0 Å². The fourth-order valence-electron chi connectivity index (χ4n) is 3.53. The maximum Gasteiger partial charge on any atom is 0.237 e. The molecule has 1 aromatic heterocycles. The molecule has 1 amide bonds. The minimum absolute atomic E-state index is 0. The zero-order valence-corrected chi connectivity index (χ0v) is 13.3. The predicted molar refractivity (Wildman–Crippen MR) is 85.4 cm³/mol. The SMILES string of the molecule is Cc1cnccc1CNC(=O)C1CC2CCCCC2N1.Cl. The van der Waals surface area contributed by atoms with Crippen molar-refractivity contribution in [1.82, 2.24) is 15.6 Å². The molecule has 2 fully saturated rings. The third kappa shape index (κ3) is 3.74. The molecule has 2 N–H and O–H groups in total. The molecule has 1 aromatic rings. The Hall–Kier alpha value is -1.13. The molecule has 1 saturated heterocycles. The quantitative estimate of drug-likeness (QED) is 0.901. The Balaban J connectivity index is 0.00000161. The zero-order valence-electron chi connectivity index (χ0n) is 12.5. The van der Waals surface area contributed by atoms with Gasteiger partial charge in [0.1, 0.15) is 0 Å². The molecular weight excluding hydrogens is 286 g/mol. The van der Waals surface area contributed by atoms with E-state index in [1.54, 1.807) is 6.20 Å². The second-order valence-electron chi connectivity index (χ2n) is 6.13. The first kappa shape index (κ1) is 16.2. The van der Waals surface area contributed by atoms with Gasteiger partial charge >= 0.3 is 0 Å². The van der Waals surface area contributed by atoms with Crippen molar-refractivity contribution in [2.75, 3.05) is 0 Å². The van der Waals surface area contributed by atoms with Crippen molar-refractivity contribution in [3.05, 3.63) is 29.6 Å². The van der Waals surface area contributed by atoms with Gasteiger partial charge in [-0.15, -0.1) is 12.4 Å². The van der Waals surface area contributed by atoms with Crippen LogP contribution in [0.25, 0.3) is 0 Å². The maximum atomic E-state index is 12.3. The predicted octanol–water partition coefficient (Wildman–Crippen LogP) is 2.35. The first-order chi connectivity index (χ1) is 9.74. The van der Waals surface area contributed by atoms with Gasteiger partial charge < -0.3 is 10.6 Å². The summed E-state index contributed by atoms with van der Waals surface area (Å²) < 4.78 is 0. The molecule has 1 aliphatic carbocycles. The van der Waals surface area contributed by atoms with Crippen molar-refractivity contribution in [2.45, 2.75) is 57.7 Å². The standard InChI is InChI=1S/C16H23N3O.ClH/c1-11-9-17-7-6-13(11)10-18-16(20)15-8-12-4-2-3-5-14(12)19-15;/h6-7,9,12,14-15,19H,2-5,8,10H2,1H3,(H,18,20);1H. The van der Waals surface area contributed by atoms with Gasteiger partial charge in [-0.1, -0.05) is 12.8 Å². The fourth-order valence-corrected chi connectivity index (χ4v) is 3.53. The highest BCUT2D eigenvalue weighted by atomic mass is 35.5. The van der Waals surface area contributed by atoms with Crippen molar-refractivity contribution in [3.8, 4) is 0 Å². The summed E-state index contributed by atoms with van der Waals surface area (Å²) >= 11 is 0. The summed E-state index contributed by atoms with van der Waals surface area (Å²) in [6, 6.07) is 2.55. The highest BCUT2D eigenvalue weighted by Gasteiger charge is 2.37. The number of amides is 1. The Bertz CT molecular complexity index is 480. The minimum Gasteiger partial charge on any atom is -0.351 e. The maximum absolute atomic E-state index is 12.3. The highest BCUT2D eigenvalue weighted by molar-refractivity contribution is 5.85. The number of hydrogen-bond acceptors (Lipinski definition) is 3. The summed E-state index contributed by atoms with van der Waals surface area (Å²) in [5.41, 5.74) is 2.27. The number of pyridine rings is 1. The lowest BCUT2D eigenvalue weighted by Crippen LogP contribution is -2.42. The van der Waals surface area contributed by atoms with Crippen LogP contribution < -0.4 is 10.6 Å². The van der Waals surface area contributed by atoms with Crippen molar-refractivity contribution >= 4 is 18.3 Å². The molecule has 2 heterocycles. The van der Waals surface area contributed by atoms with E-state index in [0.717, 1.165) is 17.5 Å².